The summed E-state index contributed by atoms with van der Waals surface area (Å²) in [5.74, 6) is -2.46. The molecule has 0 fully saturated rings. The Bertz CT molecular complexity index is 581. The minimum Gasteiger partial charge on any atom is -0.449 e. The van der Waals surface area contributed by atoms with Crippen LogP contribution in [0.4, 0.5) is 8.78 Å². The number of rotatable bonds is 3. The number of ether oxygens (including phenoxy) is 1. The molecule has 2 aromatic rings. The molecule has 0 amide bonds. The van der Waals surface area contributed by atoms with Gasteiger partial charge in [0.1, 0.15) is 12.0 Å². The van der Waals surface area contributed by atoms with Crippen molar-refractivity contribution in [1.82, 2.24) is 4.98 Å². The zero-order valence-electron chi connectivity index (χ0n) is 8.86. The third-order valence-electron chi connectivity index (χ3n) is 2.06. The summed E-state index contributed by atoms with van der Waals surface area (Å²) in [5, 5.41) is 0.276. The molecule has 6 heteroatoms. The molecule has 1 heterocycles. The van der Waals surface area contributed by atoms with Crippen molar-refractivity contribution >= 4 is 17.9 Å². The van der Waals surface area contributed by atoms with Crippen molar-refractivity contribution in [2.75, 3.05) is 0 Å². The fraction of sp³-hybridized carbons (Fsp3) is 0. The van der Waals surface area contributed by atoms with Gasteiger partial charge in [-0.3, -0.25) is 9.78 Å². The maximum absolute atomic E-state index is 13.5. The number of hydrogen-bond acceptors (Lipinski definition) is 3. The molecule has 0 aliphatic carbocycles. The van der Waals surface area contributed by atoms with Crippen molar-refractivity contribution in [3.05, 3.63) is 52.8 Å². The predicted octanol–water partition coefficient (Wildman–Crippen LogP) is 3.62. The third kappa shape index (κ3) is 2.62. The lowest BCUT2D eigenvalue weighted by atomic mass is 10.2. The Morgan fingerprint density at radius 2 is 1.83 bits per heavy atom. The van der Waals surface area contributed by atoms with Crippen LogP contribution in [0.5, 0.6) is 11.5 Å². The van der Waals surface area contributed by atoms with E-state index >= 15 is 0 Å². The first-order valence-electron chi connectivity index (χ1n) is 4.83. The standard InChI is InChI=1S/C12H6ClF2NO2/c13-8-3-9(5-16-4-8)18-12-10(14)1-7(6-17)2-11(12)15/h1-6H. The summed E-state index contributed by atoms with van der Waals surface area (Å²) in [6, 6.07) is 3.12. The van der Waals surface area contributed by atoms with E-state index in [4.69, 9.17) is 16.3 Å². The predicted molar refractivity (Wildman–Crippen MR) is 61.1 cm³/mol. The van der Waals surface area contributed by atoms with Crippen molar-refractivity contribution in [2.45, 2.75) is 0 Å². The Kier molecular flexibility index (Phi) is 3.53. The van der Waals surface area contributed by atoms with E-state index in [0.29, 0.717) is 6.29 Å². The SMILES string of the molecule is O=Cc1cc(F)c(Oc2cncc(Cl)c2)c(F)c1. The molecule has 1 aromatic carbocycles. The molecule has 3 nitrogen and oxygen atoms in total. The van der Waals surface area contributed by atoms with Crippen LogP contribution in [0.25, 0.3) is 0 Å². The molecule has 0 atom stereocenters. The van der Waals surface area contributed by atoms with Crippen LogP contribution >= 0.6 is 11.6 Å². The highest BCUT2D eigenvalue weighted by Crippen LogP contribution is 2.28. The second kappa shape index (κ2) is 5.10. The number of carbonyl (C=O) groups excluding carboxylic acids is 1. The van der Waals surface area contributed by atoms with Crippen LogP contribution in [0.1, 0.15) is 10.4 Å². The van der Waals surface area contributed by atoms with Crippen molar-refractivity contribution in [2.24, 2.45) is 0 Å². The molecule has 0 spiro atoms. The summed E-state index contributed by atoms with van der Waals surface area (Å²) >= 11 is 5.66. The van der Waals surface area contributed by atoms with Gasteiger partial charge in [0, 0.05) is 17.8 Å². The van der Waals surface area contributed by atoms with Gasteiger partial charge in [-0.25, -0.2) is 8.78 Å². The molecule has 0 bridgehead atoms. The first-order valence-corrected chi connectivity index (χ1v) is 5.20. The van der Waals surface area contributed by atoms with E-state index in [1.54, 1.807) is 0 Å². The fourth-order valence-electron chi connectivity index (χ4n) is 1.31. The zero-order valence-corrected chi connectivity index (χ0v) is 9.62. The summed E-state index contributed by atoms with van der Waals surface area (Å²) in [5.41, 5.74) is -0.110. The summed E-state index contributed by atoms with van der Waals surface area (Å²) in [6.45, 7) is 0. The second-order valence-electron chi connectivity index (χ2n) is 3.37. The average molecular weight is 270 g/mol. The van der Waals surface area contributed by atoms with Crippen LogP contribution in [0.3, 0.4) is 0 Å². The number of carbonyl (C=O) groups is 1. The fourth-order valence-corrected chi connectivity index (χ4v) is 1.47. The highest BCUT2D eigenvalue weighted by atomic mass is 35.5. The van der Waals surface area contributed by atoms with Gasteiger partial charge in [-0.15, -0.1) is 0 Å². The van der Waals surface area contributed by atoms with E-state index in [1.165, 1.54) is 18.5 Å². The summed E-state index contributed by atoms with van der Waals surface area (Å²) in [4.78, 5) is 14.1. The number of hydrogen-bond donors (Lipinski definition) is 0. The molecule has 0 N–H and O–H groups in total. The first-order chi connectivity index (χ1) is 8.60. The summed E-state index contributed by atoms with van der Waals surface area (Å²) < 4.78 is 32.0. The lowest BCUT2D eigenvalue weighted by Crippen LogP contribution is -1.95. The van der Waals surface area contributed by atoms with Gasteiger partial charge in [0.25, 0.3) is 0 Å². The Morgan fingerprint density at radius 1 is 1.17 bits per heavy atom. The minimum atomic E-state index is -0.975. The van der Waals surface area contributed by atoms with Gasteiger partial charge in [0.2, 0.25) is 0 Å². The molecule has 0 unspecified atom stereocenters. The lowest BCUT2D eigenvalue weighted by Gasteiger charge is -2.08. The van der Waals surface area contributed by atoms with Gasteiger partial charge in [-0.05, 0) is 12.1 Å². The Morgan fingerprint density at radius 3 is 2.39 bits per heavy atom. The van der Waals surface area contributed by atoms with E-state index < -0.39 is 17.4 Å². The minimum absolute atomic E-state index is 0.0964. The first kappa shape index (κ1) is 12.4. The molecule has 92 valence electrons. The number of aldehydes is 1. The molecule has 1 aromatic heterocycles. The van der Waals surface area contributed by atoms with Crippen LogP contribution < -0.4 is 4.74 Å². The van der Waals surface area contributed by atoms with Gasteiger partial charge >= 0.3 is 0 Å². The van der Waals surface area contributed by atoms with Gasteiger partial charge in [-0.1, -0.05) is 11.6 Å². The van der Waals surface area contributed by atoms with E-state index in [1.807, 2.05) is 0 Å². The van der Waals surface area contributed by atoms with Crippen molar-refractivity contribution in [3.63, 3.8) is 0 Å². The average Bonchev–Trinajstić information content (AvgIpc) is 2.33. The van der Waals surface area contributed by atoms with Crippen LogP contribution in [0, 0.1) is 11.6 Å². The maximum Gasteiger partial charge on any atom is 0.198 e. The zero-order chi connectivity index (χ0) is 13.1. The third-order valence-corrected chi connectivity index (χ3v) is 2.26. The summed E-state index contributed by atoms with van der Waals surface area (Å²) in [6.07, 6.45) is 2.96. The number of aromatic nitrogens is 1. The molecule has 0 aliphatic heterocycles. The van der Waals surface area contributed by atoms with Crippen LogP contribution in [0.2, 0.25) is 5.02 Å². The van der Waals surface area contributed by atoms with Gasteiger partial charge < -0.3 is 4.74 Å². The van der Waals surface area contributed by atoms with Crippen molar-refractivity contribution < 1.29 is 18.3 Å². The number of halogens is 3. The lowest BCUT2D eigenvalue weighted by molar-refractivity contribution is 0.112. The monoisotopic (exact) mass is 269 g/mol. The number of pyridine rings is 1. The molecule has 0 aliphatic rings. The highest BCUT2D eigenvalue weighted by Gasteiger charge is 2.13. The number of nitrogens with zero attached hydrogens (tertiary/aromatic N) is 1. The smallest absolute Gasteiger partial charge is 0.198 e. The van der Waals surface area contributed by atoms with E-state index in [2.05, 4.69) is 4.98 Å². The largest absolute Gasteiger partial charge is 0.449 e. The van der Waals surface area contributed by atoms with Crippen LogP contribution in [0.15, 0.2) is 30.6 Å². The second-order valence-corrected chi connectivity index (χ2v) is 3.81. The molecular weight excluding hydrogens is 264 g/mol. The van der Waals surface area contributed by atoms with E-state index in [9.17, 15) is 13.6 Å². The van der Waals surface area contributed by atoms with Crippen molar-refractivity contribution in [1.29, 1.82) is 0 Å². The Balaban J connectivity index is 2.37. The van der Waals surface area contributed by atoms with E-state index in [0.717, 1.165) is 12.1 Å². The highest BCUT2D eigenvalue weighted by molar-refractivity contribution is 6.30. The quantitative estimate of drug-likeness (QED) is 0.799. The van der Waals surface area contributed by atoms with Gasteiger partial charge in [-0.2, -0.15) is 0 Å². The molecule has 2 rings (SSSR count). The van der Waals surface area contributed by atoms with Gasteiger partial charge in [0.15, 0.2) is 17.4 Å². The van der Waals surface area contributed by atoms with E-state index in [-0.39, 0.29) is 16.3 Å². The van der Waals surface area contributed by atoms with Crippen LogP contribution in [-0.2, 0) is 0 Å². The maximum atomic E-state index is 13.5. The summed E-state index contributed by atoms with van der Waals surface area (Å²) in [7, 11) is 0. The Hall–Kier alpha value is -2.01. The van der Waals surface area contributed by atoms with Crippen molar-refractivity contribution in [3.8, 4) is 11.5 Å². The Labute approximate surface area is 106 Å². The molecular formula is C12H6ClF2NO2. The normalized spacial score (nSPS) is 10.2. The van der Waals surface area contributed by atoms with Crippen LogP contribution in [-0.4, -0.2) is 11.3 Å². The number of benzene rings is 1. The topological polar surface area (TPSA) is 39.2 Å². The molecule has 18 heavy (non-hydrogen) atoms. The molecule has 0 saturated heterocycles. The molecule has 0 saturated carbocycles. The molecule has 0 radical (unpaired) electrons. The van der Waals surface area contributed by atoms with Gasteiger partial charge in [0.05, 0.1) is 11.2 Å².